The highest BCUT2D eigenvalue weighted by atomic mass is 16.3. The minimum Gasteiger partial charge on any atom is -0.455 e. The molecular formula is C43H27N3O. The van der Waals surface area contributed by atoms with Crippen LogP contribution in [-0.4, -0.2) is 15.0 Å². The Kier molecular flexibility index (Phi) is 6.43. The molecule has 0 spiro atoms. The molecule has 2 aromatic heterocycles. The van der Waals surface area contributed by atoms with Crippen LogP contribution in [-0.2, 0) is 0 Å². The summed E-state index contributed by atoms with van der Waals surface area (Å²) in [5.41, 5.74) is 8.78. The number of furan rings is 1. The van der Waals surface area contributed by atoms with Gasteiger partial charge in [-0.25, -0.2) is 15.0 Å². The van der Waals surface area contributed by atoms with Crippen molar-refractivity contribution in [3.63, 3.8) is 0 Å². The Morgan fingerprint density at radius 2 is 0.830 bits per heavy atom. The molecule has 0 saturated heterocycles. The van der Waals surface area contributed by atoms with E-state index in [-0.39, 0.29) is 0 Å². The number of benzene rings is 7. The van der Waals surface area contributed by atoms with E-state index in [1.165, 1.54) is 10.9 Å². The predicted octanol–water partition coefficient (Wildman–Crippen LogP) is 11.3. The largest absolute Gasteiger partial charge is 0.455 e. The lowest BCUT2D eigenvalue weighted by molar-refractivity contribution is 0.670. The van der Waals surface area contributed by atoms with Gasteiger partial charge >= 0.3 is 0 Å². The van der Waals surface area contributed by atoms with Crippen molar-refractivity contribution in [3.8, 4) is 56.4 Å². The third-order valence-corrected chi connectivity index (χ3v) is 8.73. The number of nitrogens with zero attached hydrogens (tertiary/aromatic N) is 3. The van der Waals surface area contributed by atoms with Gasteiger partial charge in [0.2, 0.25) is 0 Å². The van der Waals surface area contributed by atoms with Crippen molar-refractivity contribution in [3.05, 3.63) is 164 Å². The molecule has 0 fully saturated rings. The molecule has 0 atom stereocenters. The maximum atomic E-state index is 6.76. The first-order valence-corrected chi connectivity index (χ1v) is 15.7. The van der Waals surface area contributed by atoms with E-state index in [9.17, 15) is 0 Å². The molecular weight excluding hydrogens is 574 g/mol. The molecule has 0 saturated carbocycles. The van der Waals surface area contributed by atoms with Crippen molar-refractivity contribution in [2.75, 3.05) is 0 Å². The van der Waals surface area contributed by atoms with Crippen LogP contribution in [0.5, 0.6) is 0 Å². The molecule has 4 heteroatoms. The Hall–Kier alpha value is -6.39. The molecule has 7 aromatic carbocycles. The summed E-state index contributed by atoms with van der Waals surface area (Å²) in [5.74, 6) is 1.78. The summed E-state index contributed by atoms with van der Waals surface area (Å²) in [6.07, 6.45) is 0. The van der Waals surface area contributed by atoms with Gasteiger partial charge in [0.15, 0.2) is 17.5 Å². The van der Waals surface area contributed by atoms with E-state index in [0.717, 1.165) is 60.7 Å². The van der Waals surface area contributed by atoms with Crippen LogP contribution in [0.25, 0.3) is 89.1 Å². The summed E-state index contributed by atoms with van der Waals surface area (Å²) in [6, 6.07) is 56.3. The van der Waals surface area contributed by atoms with Gasteiger partial charge in [0, 0.05) is 21.9 Å². The first-order chi connectivity index (χ1) is 23.3. The fourth-order valence-corrected chi connectivity index (χ4v) is 6.38. The Morgan fingerprint density at radius 1 is 0.362 bits per heavy atom. The molecule has 220 valence electrons. The molecule has 4 nitrogen and oxygen atoms in total. The zero-order chi connectivity index (χ0) is 31.2. The van der Waals surface area contributed by atoms with Crippen molar-refractivity contribution in [1.29, 1.82) is 0 Å². The Balaban J connectivity index is 1.28. The Bertz CT molecular complexity index is 2540. The number of aromatic nitrogens is 3. The molecule has 0 aliphatic heterocycles. The van der Waals surface area contributed by atoms with Gasteiger partial charge in [-0.3, -0.25) is 0 Å². The van der Waals surface area contributed by atoms with E-state index in [2.05, 4.69) is 121 Å². The zero-order valence-electron chi connectivity index (χ0n) is 25.3. The maximum absolute atomic E-state index is 6.76. The van der Waals surface area contributed by atoms with Gasteiger partial charge < -0.3 is 4.42 Å². The monoisotopic (exact) mass is 601 g/mol. The van der Waals surface area contributed by atoms with Gasteiger partial charge in [0.1, 0.15) is 11.2 Å². The summed E-state index contributed by atoms with van der Waals surface area (Å²) in [6.45, 7) is 0. The molecule has 0 unspecified atom stereocenters. The molecule has 0 aliphatic carbocycles. The van der Waals surface area contributed by atoms with E-state index >= 15 is 0 Å². The Labute approximate surface area is 271 Å². The average Bonchev–Trinajstić information content (AvgIpc) is 3.53. The van der Waals surface area contributed by atoms with E-state index < -0.39 is 0 Å². The quantitative estimate of drug-likeness (QED) is 0.197. The molecule has 47 heavy (non-hydrogen) atoms. The van der Waals surface area contributed by atoms with Crippen molar-refractivity contribution >= 4 is 32.7 Å². The molecule has 0 radical (unpaired) electrons. The smallest absolute Gasteiger partial charge is 0.167 e. The highest BCUT2D eigenvalue weighted by Crippen LogP contribution is 2.42. The zero-order valence-corrected chi connectivity index (χ0v) is 25.3. The fourth-order valence-electron chi connectivity index (χ4n) is 6.38. The second-order valence-corrected chi connectivity index (χ2v) is 11.6. The van der Waals surface area contributed by atoms with Gasteiger partial charge in [0.25, 0.3) is 0 Å². The number of rotatable bonds is 5. The second-order valence-electron chi connectivity index (χ2n) is 11.6. The van der Waals surface area contributed by atoms with Gasteiger partial charge in [-0.2, -0.15) is 0 Å². The third kappa shape index (κ3) is 4.84. The first kappa shape index (κ1) is 27.0. The summed E-state index contributed by atoms with van der Waals surface area (Å²) < 4.78 is 6.76. The van der Waals surface area contributed by atoms with Crippen LogP contribution in [0.15, 0.2) is 168 Å². The lowest BCUT2D eigenvalue weighted by atomic mass is 9.96. The lowest BCUT2D eigenvalue weighted by Gasteiger charge is -2.11. The number of hydrogen-bond acceptors (Lipinski definition) is 4. The van der Waals surface area contributed by atoms with Crippen LogP contribution in [0.1, 0.15) is 0 Å². The standard InChI is InChI=1S/C43H27N3O/c1-4-12-28(13-5-1)29-20-22-32(23-21-29)42-44-41(31-16-8-3-9-17-31)45-43(46-42)36-25-24-35(30-14-6-2-7-15-30)39-37-26-33-18-10-11-19-34(33)27-38(37)47-40(36)39/h1-27H. The van der Waals surface area contributed by atoms with Crippen molar-refractivity contribution in [2.45, 2.75) is 0 Å². The number of fused-ring (bicyclic) bond motifs is 4. The van der Waals surface area contributed by atoms with Gasteiger partial charge in [-0.15, -0.1) is 0 Å². The summed E-state index contributed by atoms with van der Waals surface area (Å²) in [5, 5.41) is 4.41. The molecule has 9 aromatic rings. The topological polar surface area (TPSA) is 51.8 Å². The minimum absolute atomic E-state index is 0.564. The maximum Gasteiger partial charge on any atom is 0.167 e. The highest BCUT2D eigenvalue weighted by molar-refractivity contribution is 6.18. The van der Waals surface area contributed by atoms with Crippen molar-refractivity contribution < 1.29 is 4.42 Å². The first-order valence-electron chi connectivity index (χ1n) is 15.7. The van der Waals surface area contributed by atoms with E-state index in [1.54, 1.807) is 0 Å². The second kappa shape index (κ2) is 11.2. The average molecular weight is 602 g/mol. The summed E-state index contributed by atoms with van der Waals surface area (Å²) >= 11 is 0. The van der Waals surface area contributed by atoms with E-state index in [0.29, 0.717) is 17.5 Å². The highest BCUT2D eigenvalue weighted by Gasteiger charge is 2.21. The van der Waals surface area contributed by atoms with Crippen LogP contribution < -0.4 is 0 Å². The van der Waals surface area contributed by atoms with Crippen LogP contribution >= 0.6 is 0 Å². The van der Waals surface area contributed by atoms with Gasteiger partial charge in [-0.05, 0) is 51.2 Å². The predicted molar refractivity (Wildman–Crippen MR) is 192 cm³/mol. The van der Waals surface area contributed by atoms with Crippen molar-refractivity contribution in [2.24, 2.45) is 0 Å². The minimum atomic E-state index is 0.564. The molecule has 0 aliphatic rings. The molecule has 9 rings (SSSR count). The van der Waals surface area contributed by atoms with Gasteiger partial charge in [-0.1, -0.05) is 146 Å². The third-order valence-electron chi connectivity index (χ3n) is 8.73. The van der Waals surface area contributed by atoms with Crippen LogP contribution in [0.4, 0.5) is 0 Å². The molecule has 0 bridgehead atoms. The SMILES string of the molecule is c1ccc(-c2ccc(-c3nc(-c4ccccc4)nc(-c4ccc(-c5ccccc5)c5c4oc4cc6ccccc6cc45)n3)cc2)cc1. The molecule has 0 amide bonds. The summed E-state index contributed by atoms with van der Waals surface area (Å²) in [7, 11) is 0. The molecule has 2 heterocycles. The normalized spacial score (nSPS) is 11.4. The van der Waals surface area contributed by atoms with Crippen LogP contribution in [0.3, 0.4) is 0 Å². The summed E-state index contributed by atoms with van der Waals surface area (Å²) in [4.78, 5) is 15.1. The fraction of sp³-hybridized carbons (Fsp3) is 0. The number of hydrogen-bond donors (Lipinski definition) is 0. The van der Waals surface area contributed by atoms with Crippen LogP contribution in [0.2, 0.25) is 0 Å². The molecule has 0 N–H and O–H groups in total. The van der Waals surface area contributed by atoms with E-state index in [1.807, 2.05) is 42.5 Å². The van der Waals surface area contributed by atoms with Crippen LogP contribution in [0, 0.1) is 0 Å². The lowest BCUT2D eigenvalue weighted by Crippen LogP contribution is -2.00. The Morgan fingerprint density at radius 3 is 1.49 bits per heavy atom. The van der Waals surface area contributed by atoms with E-state index in [4.69, 9.17) is 19.4 Å². The van der Waals surface area contributed by atoms with Crippen molar-refractivity contribution in [1.82, 2.24) is 15.0 Å². The van der Waals surface area contributed by atoms with Gasteiger partial charge in [0.05, 0.1) is 5.56 Å².